The Labute approximate surface area is 172 Å². The highest BCUT2D eigenvalue weighted by atomic mass is 19.1. The molecule has 3 rings (SSSR count). The molecule has 1 N–H and O–H groups in total. The van der Waals surface area contributed by atoms with Crippen LogP contribution in [0.15, 0.2) is 36.7 Å². The minimum Gasteiger partial charge on any atom is -0.356 e. The molecule has 1 amide bonds. The third-order valence-corrected chi connectivity index (χ3v) is 5.45. The lowest BCUT2D eigenvalue weighted by molar-refractivity contribution is -0.125. The number of piperidine rings is 1. The smallest absolute Gasteiger partial charge is 0.225 e. The number of aromatic nitrogens is 2. The molecule has 1 aromatic heterocycles. The van der Waals surface area contributed by atoms with Gasteiger partial charge in [0.15, 0.2) is 0 Å². The van der Waals surface area contributed by atoms with E-state index in [1.54, 1.807) is 18.5 Å². The molecule has 0 saturated carbocycles. The summed E-state index contributed by atoms with van der Waals surface area (Å²) in [5, 5.41) is 3.10. The first-order valence-corrected chi connectivity index (χ1v) is 10.8. The molecule has 1 fully saturated rings. The molecule has 156 valence electrons. The van der Waals surface area contributed by atoms with Crippen molar-refractivity contribution in [3.05, 3.63) is 42.5 Å². The van der Waals surface area contributed by atoms with Crippen molar-refractivity contribution in [3.8, 4) is 11.1 Å². The molecule has 1 atom stereocenters. The average Bonchev–Trinajstić information content (AvgIpc) is 2.76. The van der Waals surface area contributed by atoms with Gasteiger partial charge in [-0.15, -0.1) is 0 Å². The minimum absolute atomic E-state index is 0.0223. The van der Waals surface area contributed by atoms with Crippen LogP contribution in [-0.2, 0) is 4.79 Å². The van der Waals surface area contributed by atoms with E-state index in [0.29, 0.717) is 12.5 Å². The molecule has 0 aliphatic carbocycles. The predicted molar refractivity (Wildman–Crippen MR) is 114 cm³/mol. The fourth-order valence-corrected chi connectivity index (χ4v) is 3.76. The maximum Gasteiger partial charge on any atom is 0.225 e. The molecule has 5 nitrogen and oxygen atoms in total. The van der Waals surface area contributed by atoms with E-state index in [9.17, 15) is 9.18 Å². The summed E-state index contributed by atoms with van der Waals surface area (Å²) in [5.74, 6) is 0.469. The third kappa shape index (κ3) is 6.24. The second kappa shape index (κ2) is 10.9. The molecule has 6 heteroatoms. The quantitative estimate of drug-likeness (QED) is 0.628. The molecule has 0 unspecified atom stereocenters. The van der Waals surface area contributed by atoms with Gasteiger partial charge < -0.3 is 10.2 Å². The standard InChI is InChI=1S/C23H31FN4O/c1-2-3-4-5-6-12-25-22(29)19-10-8-13-28(17-19)23-26-15-20(16-27-23)18-9-7-11-21(24)14-18/h7,9,11,14-16,19H,2-6,8,10,12-13,17H2,1H3,(H,25,29)/t19-/m1/s1. The first-order chi connectivity index (χ1) is 14.2. The molecule has 0 bridgehead atoms. The summed E-state index contributed by atoms with van der Waals surface area (Å²) < 4.78 is 13.4. The van der Waals surface area contributed by atoms with E-state index in [-0.39, 0.29) is 17.6 Å². The van der Waals surface area contributed by atoms with Crippen LogP contribution in [0.4, 0.5) is 10.3 Å². The third-order valence-electron chi connectivity index (χ3n) is 5.45. The molecule has 2 aromatic rings. The zero-order valence-corrected chi connectivity index (χ0v) is 17.2. The van der Waals surface area contributed by atoms with Gasteiger partial charge in [-0.3, -0.25) is 4.79 Å². The van der Waals surface area contributed by atoms with E-state index < -0.39 is 0 Å². The predicted octanol–water partition coefficient (Wildman–Crippen LogP) is 4.59. The lowest BCUT2D eigenvalue weighted by atomic mass is 9.97. The highest BCUT2D eigenvalue weighted by molar-refractivity contribution is 5.79. The Kier molecular flexibility index (Phi) is 7.96. The Morgan fingerprint density at radius 1 is 1.17 bits per heavy atom. The second-order valence-electron chi connectivity index (χ2n) is 7.77. The topological polar surface area (TPSA) is 58.1 Å². The van der Waals surface area contributed by atoms with E-state index in [2.05, 4.69) is 27.1 Å². The molecule has 1 saturated heterocycles. The molecule has 1 aliphatic heterocycles. The maximum atomic E-state index is 13.4. The molecule has 0 radical (unpaired) electrons. The van der Waals surface area contributed by atoms with Crippen LogP contribution in [0.5, 0.6) is 0 Å². The van der Waals surface area contributed by atoms with Crippen molar-refractivity contribution in [1.82, 2.24) is 15.3 Å². The Hall–Kier alpha value is -2.50. The fraction of sp³-hybridized carbons (Fsp3) is 0.522. The highest BCUT2D eigenvalue weighted by Crippen LogP contribution is 2.23. The van der Waals surface area contributed by atoms with Gasteiger partial charge in [0.1, 0.15) is 5.82 Å². The number of anilines is 1. The van der Waals surface area contributed by atoms with Crippen molar-refractivity contribution in [2.24, 2.45) is 5.92 Å². The minimum atomic E-state index is -0.276. The van der Waals surface area contributed by atoms with Crippen LogP contribution >= 0.6 is 0 Å². The summed E-state index contributed by atoms with van der Waals surface area (Å²) >= 11 is 0. The summed E-state index contributed by atoms with van der Waals surface area (Å²) in [7, 11) is 0. The lowest BCUT2D eigenvalue weighted by Gasteiger charge is -2.32. The van der Waals surface area contributed by atoms with Crippen molar-refractivity contribution in [2.45, 2.75) is 51.9 Å². The zero-order valence-electron chi connectivity index (χ0n) is 17.2. The molecular formula is C23H31FN4O. The zero-order chi connectivity index (χ0) is 20.5. The van der Waals surface area contributed by atoms with E-state index in [0.717, 1.165) is 43.5 Å². The fourth-order valence-electron chi connectivity index (χ4n) is 3.76. The molecule has 1 aliphatic rings. The number of benzene rings is 1. The van der Waals surface area contributed by atoms with Gasteiger partial charge in [-0.25, -0.2) is 14.4 Å². The number of carbonyl (C=O) groups is 1. The summed E-state index contributed by atoms with van der Waals surface area (Å²) in [6.07, 6.45) is 11.3. The molecule has 1 aromatic carbocycles. The number of rotatable bonds is 9. The van der Waals surface area contributed by atoms with E-state index in [1.165, 1.54) is 37.8 Å². The van der Waals surface area contributed by atoms with E-state index in [1.807, 2.05) is 6.07 Å². The molecule has 2 heterocycles. The van der Waals surface area contributed by atoms with Crippen LogP contribution in [0.3, 0.4) is 0 Å². The number of hydrogen-bond acceptors (Lipinski definition) is 4. The summed E-state index contributed by atoms with van der Waals surface area (Å²) in [4.78, 5) is 23.5. The van der Waals surface area contributed by atoms with Crippen LogP contribution in [-0.4, -0.2) is 35.5 Å². The number of halogens is 1. The normalized spacial score (nSPS) is 16.6. The lowest BCUT2D eigenvalue weighted by Crippen LogP contribution is -2.43. The summed E-state index contributed by atoms with van der Waals surface area (Å²) in [5.41, 5.74) is 1.54. The Morgan fingerprint density at radius 2 is 1.97 bits per heavy atom. The summed E-state index contributed by atoms with van der Waals surface area (Å²) in [6.45, 7) is 4.45. The van der Waals surface area contributed by atoms with Crippen molar-refractivity contribution < 1.29 is 9.18 Å². The van der Waals surface area contributed by atoms with Crippen LogP contribution in [0.25, 0.3) is 11.1 Å². The number of carbonyl (C=O) groups excluding carboxylic acids is 1. The monoisotopic (exact) mass is 398 g/mol. The van der Waals surface area contributed by atoms with Gasteiger partial charge in [0, 0.05) is 37.6 Å². The van der Waals surface area contributed by atoms with Gasteiger partial charge in [0.05, 0.1) is 5.92 Å². The SMILES string of the molecule is CCCCCCCNC(=O)[C@@H]1CCCN(c2ncc(-c3cccc(F)c3)cn2)C1. The van der Waals surface area contributed by atoms with Crippen molar-refractivity contribution in [2.75, 3.05) is 24.5 Å². The van der Waals surface area contributed by atoms with Crippen LogP contribution in [0.1, 0.15) is 51.9 Å². The van der Waals surface area contributed by atoms with Gasteiger partial charge in [0.25, 0.3) is 0 Å². The average molecular weight is 399 g/mol. The van der Waals surface area contributed by atoms with Crippen molar-refractivity contribution in [3.63, 3.8) is 0 Å². The van der Waals surface area contributed by atoms with Crippen LogP contribution in [0, 0.1) is 11.7 Å². The van der Waals surface area contributed by atoms with Crippen molar-refractivity contribution in [1.29, 1.82) is 0 Å². The number of unbranched alkanes of at least 4 members (excludes halogenated alkanes) is 4. The Bertz CT molecular complexity index is 781. The maximum absolute atomic E-state index is 13.4. The second-order valence-corrected chi connectivity index (χ2v) is 7.77. The largest absolute Gasteiger partial charge is 0.356 e. The molecular weight excluding hydrogens is 367 g/mol. The summed E-state index contributed by atoms with van der Waals surface area (Å²) in [6, 6.07) is 6.41. The number of amides is 1. The number of hydrogen-bond donors (Lipinski definition) is 1. The molecule has 0 spiro atoms. The number of nitrogens with zero attached hydrogens (tertiary/aromatic N) is 3. The van der Waals surface area contributed by atoms with E-state index >= 15 is 0 Å². The Balaban J connectivity index is 1.51. The highest BCUT2D eigenvalue weighted by Gasteiger charge is 2.26. The first kappa shape index (κ1) is 21.2. The Morgan fingerprint density at radius 3 is 2.72 bits per heavy atom. The van der Waals surface area contributed by atoms with Gasteiger partial charge in [0.2, 0.25) is 11.9 Å². The first-order valence-electron chi connectivity index (χ1n) is 10.8. The van der Waals surface area contributed by atoms with Gasteiger partial charge in [-0.1, -0.05) is 44.7 Å². The number of nitrogens with one attached hydrogen (secondary N) is 1. The van der Waals surface area contributed by atoms with Crippen LogP contribution < -0.4 is 10.2 Å². The van der Waals surface area contributed by atoms with Gasteiger partial charge in [-0.2, -0.15) is 0 Å². The van der Waals surface area contributed by atoms with E-state index in [4.69, 9.17) is 0 Å². The molecule has 29 heavy (non-hydrogen) atoms. The van der Waals surface area contributed by atoms with Gasteiger partial charge >= 0.3 is 0 Å². The van der Waals surface area contributed by atoms with Crippen LogP contribution in [0.2, 0.25) is 0 Å². The van der Waals surface area contributed by atoms with Gasteiger partial charge in [-0.05, 0) is 37.0 Å². The van der Waals surface area contributed by atoms with Crippen molar-refractivity contribution >= 4 is 11.9 Å².